The first-order chi connectivity index (χ1) is 10.6. The summed E-state index contributed by atoms with van der Waals surface area (Å²) in [4.78, 5) is 26.6. The Kier molecular flexibility index (Phi) is 4.44. The van der Waals surface area contributed by atoms with Gasteiger partial charge in [-0.05, 0) is 35.6 Å². The van der Waals surface area contributed by atoms with E-state index < -0.39 is 4.92 Å². The fourth-order valence-corrected chi connectivity index (χ4v) is 4.05. The van der Waals surface area contributed by atoms with Gasteiger partial charge >= 0.3 is 0 Å². The molecule has 0 aliphatic carbocycles. The minimum absolute atomic E-state index is 0.0664. The lowest BCUT2D eigenvalue weighted by Gasteiger charge is -2.26. The minimum Gasteiger partial charge on any atom is -0.337 e. The zero-order valence-electron chi connectivity index (χ0n) is 11.7. The number of fused-ring (bicyclic) bond motifs is 1. The largest absolute Gasteiger partial charge is 0.337 e. The second-order valence-corrected chi connectivity index (χ2v) is 7.02. The van der Waals surface area contributed by atoms with Crippen molar-refractivity contribution in [1.29, 1.82) is 0 Å². The predicted molar refractivity (Wildman–Crippen MR) is 87.3 cm³/mol. The number of hydrogen-bond acceptors (Lipinski definition) is 5. The summed E-state index contributed by atoms with van der Waals surface area (Å²) in [5.74, 6) is 0.470. The van der Waals surface area contributed by atoms with E-state index in [0.29, 0.717) is 12.3 Å². The molecule has 1 aromatic carbocycles. The van der Waals surface area contributed by atoms with Gasteiger partial charge in [-0.2, -0.15) is 0 Å². The third kappa shape index (κ3) is 3.31. The van der Waals surface area contributed by atoms with Crippen LogP contribution in [-0.4, -0.2) is 28.0 Å². The van der Waals surface area contributed by atoms with Gasteiger partial charge in [-0.25, -0.2) is 0 Å². The summed E-state index contributed by atoms with van der Waals surface area (Å²) < 4.78 is 0. The quantitative estimate of drug-likeness (QED) is 0.489. The van der Waals surface area contributed by atoms with Gasteiger partial charge in [-0.15, -0.1) is 23.1 Å². The number of carbonyl (C=O) groups excluding carboxylic acids is 1. The molecular weight excluding hydrogens is 320 g/mol. The molecule has 1 aliphatic rings. The van der Waals surface area contributed by atoms with Gasteiger partial charge in [-0.1, -0.05) is 0 Å². The highest BCUT2D eigenvalue weighted by Gasteiger charge is 2.21. The molecule has 3 rings (SSSR count). The molecule has 0 fully saturated rings. The SMILES string of the molecule is O=C(CSc1ccc([N+](=O)[O-])cc1)N1CCc2sccc2C1. The highest BCUT2D eigenvalue weighted by Crippen LogP contribution is 2.26. The molecule has 1 aromatic heterocycles. The molecule has 22 heavy (non-hydrogen) atoms. The summed E-state index contributed by atoms with van der Waals surface area (Å²) >= 11 is 3.17. The van der Waals surface area contributed by atoms with Crippen molar-refractivity contribution < 1.29 is 9.72 Å². The third-order valence-corrected chi connectivity index (χ3v) is 5.59. The number of thioether (sulfide) groups is 1. The van der Waals surface area contributed by atoms with Crippen LogP contribution in [0.2, 0.25) is 0 Å². The fraction of sp³-hybridized carbons (Fsp3) is 0.267. The normalized spacial score (nSPS) is 13.7. The van der Waals surface area contributed by atoms with E-state index in [1.54, 1.807) is 23.5 Å². The number of nitro benzene ring substituents is 1. The van der Waals surface area contributed by atoms with Crippen molar-refractivity contribution in [2.24, 2.45) is 0 Å². The summed E-state index contributed by atoms with van der Waals surface area (Å²) in [7, 11) is 0. The number of non-ortho nitro benzene ring substituents is 1. The van der Waals surface area contributed by atoms with Gasteiger partial charge in [0, 0.05) is 35.0 Å². The van der Waals surface area contributed by atoms with E-state index in [2.05, 4.69) is 11.4 Å². The molecular formula is C15H14N2O3S2. The second-order valence-electron chi connectivity index (χ2n) is 4.97. The maximum absolute atomic E-state index is 12.3. The Hall–Kier alpha value is -1.86. The number of nitrogens with zero attached hydrogens (tertiary/aromatic N) is 2. The van der Waals surface area contributed by atoms with Gasteiger partial charge in [0.05, 0.1) is 10.7 Å². The molecule has 7 heteroatoms. The van der Waals surface area contributed by atoms with Crippen molar-refractivity contribution in [3.05, 3.63) is 56.3 Å². The van der Waals surface area contributed by atoms with Crippen LogP contribution in [0.25, 0.3) is 0 Å². The summed E-state index contributed by atoms with van der Waals surface area (Å²) in [6.45, 7) is 1.46. The van der Waals surface area contributed by atoms with Crippen LogP contribution in [0.4, 0.5) is 5.69 Å². The summed E-state index contributed by atoms with van der Waals surface area (Å²) in [6.07, 6.45) is 0.931. The summed E-state index contributed by atoms with van der Waals surface area (Å²) in [5.41, 5.74) is 1.32. The molecule has 1 amide bonds. The number of nitro groups is 1. The number of rotatable bonds is 4. The lowest BCUT2D eigenvalue weighted by Crippen LogP contribution is -2.36. The van der Waals surface area contributed by atoms with E-state index in [1.165, 1.54) is 34.3 Å². The minimum atomic E-state index is -0.425. The predicted octanol–water partition coefficient (Wildman–Crippen LogP) is 3.33. The van der Waals surface area contributed by atoms with E-state index in [0.717, 1.165) is 17.9 Å². The van der Waals surface area contributed by atoms with Crippen molar-refractivity contribution in [3.63, 3.8) is 0 Å². The van der Waals surface area contributed by atoms with Crippen LogP contribution < -0.4 is 0 Å². The Labute approximate surface area is 136 Å². The number of carbonyl (C=O) groups is 1. The molecule has 0 unspecified atom stereocenters. The molecule has 5 nitrogen and oxygen atoms in total. The van der Waals surface area contributed by atoms with Gasteiger partial charge in [0.2, 0.25) is 5.91 Å². The topological polar surface area (TPSA) is 63.4 Å². The van der Waals surface area contributed by atoms with Crippen molar-refractivity contribution in [1.82, 2.24) is 4.90 Å². The van der Waals surface area contributed by atoms with Gasteiger partial charge in [-0.3, -0.25) is 14.9 Å². The number of thiophene rings is 1. The molecule has 0 N–H and O–H groups in total. The average molecular weight is 334 g/mol. The average Bonchev–Trinajstić information content (AvgIpc) is 3.00. The van der Waals surface area contributed by atoms with Gasteiger partial charge in [0.1, 0.15) is 0 Å². The van der Waals surface area contributed by atoms with E-state index in [-0.39, 0.29) is 11.6 Å². The van der Waals surface area contributed by atoms with E-state index >= 15 is 0 Å². The van der Waals surface area contributed by atoms with Crippen molar-refractivity contribution in [2.75, 3.05) is 12.3 Å². The van der Waals surface area contributed by atoms with Crippen LogP contribution in [0.5, 0.6) is 0 Å². The van der Waals surface area contributed by atoms with E-state index in [1.807, 2.05) is 4.90 Å². The number of hydrogen-bond donors (Lipinski definition) is 0. The van der Waals surface area contributed by atoms with Crippen molar-refractivity contribution in [3.8, 4) is 0 Å². The Morgan fingerprint density at radius 3 is 2.82 bits per heavy atom. The lowest BCUT2D eigenvalue weighted by atomic mass is 10.1. The van der Waals surface area contributed by atoms with Crippen LogP contribution in [0, 0.1) is 10.1 Å². The first kappa shape index (κ1) is 15.1. The summed E-state index contributed by atoms with van der Waals surface area (Å²) in [5, 5.41) is 12.7. The highest BCUT2D eigenvalue weighted by atomic mass is 32.2. The zero-order chi connectivity index (χ0) is 15.5. The molecule has 2 aromatic rings. The van der Waals surface area contributed by atoms with Crippen molar-refractivity contribution in [2.45, 2.75) is 17.9 Å². The second kappa shape index (κ2) is 6.50. The van der Waals surface area contributed by atoms with Crippen LogP contribution in [0.3, 0.4) is 0 Å². The molecule has 0 bridgehead atoms. The standard InChI is InChI=1S/C15H14N2O3S2/c18-15(16-7-5-14-11(9-16)6-8-21-14)10-22-13-3-1-12(2-4-13)17(19)20/h1-4,6,8H,5,7,9-10H2. The Bertz CT molecular complexity index is 697. The van der Waals surface area contributed by atoms with Crippen LogP contribution in [-0.2, 0) is 17.8 Å². The van der Waals surface area contributed by atoms with Gasteiger partial charge < -0.3 is 4.90 Å². The summed E-state index contributed by atoms with van der Waals surface area (Å²) in [6, 6.07) is 8.38. The lowest BCUT2D eigenvalue weighted by molar-refractivity contribution is -0.384. The van der Waals surface area contributed by atoms with E-state index in [4.69, 9.17) is 0 Å². The number of amides is 1. The molecule has 0 spiro atoms. The molecule has 0 saturated heterocycles. The number of benzene rings is 1. The Balaban J connectivity index is 1.55. The highest BCUT2D eigenvalue weighted by molar-refractivity contribution is 8.00. The zero-order valence-corrected chi connectivity index (χ0v) is 13.4. The van der Waals surface area contributed by atoms with Gasteiger partial charge in [0.15, 0.2) is 0 Å². The maximum Gasteiger partial charge on any atom is 0.269 e. The molecule has 0 radical (unpaired) electrons. The van der Waals surface area contributed by atoms with Crippen LogP contribution >= 0.6 is 23.1 Å². The maximum atomic E-state index is 12.3. The monoisotopic (exact) mass is 334 g/mol. The first-order valence-corrected chi connectivity index (χ1v) is 8.70. The fourth-order valence-electron chi connectivity index (χ4n) is 2.36. The third-order valence-electron chi connectivity index (χ3n) is 3.57. The molecule has 0 saturated carbocycles. The van der Waals surface area contributed by atoms with Crippen LogP contribution in [0.1, 0.15) is 10.4 Å². The molecule has 1 aliphatic heterocycles. The smallest absolute Gasteiger partial charge is 0.269 e. The van der Waals surface area contributed by atoms with E-state index in [9.17, 15) is 14.9 Å². The van der Waals surface area contributed by atoms with Crippen LogP contribution in [0.15, 0.2) is 40.6 Å². The molecule has 2 heterocycles. The van der Waals surface area contributed by atoms with Crippen molar-refractivity contribution >= 4 is 34.7 Å². The Morgan fingerprint density at radius 1 is 1.32 bits per heavy atom. The Morgan fingerprint density at radius 2 is 2.09 bits per heavy atom. The molecule has 0 atom stereocenters. The van der Waals surface area contributed by atoms with Gasteiger partial charge in [0.25, 0.3) is 5.69 Å². The first-order valence-electron chi connectivity index (χ1n) is 6.84. The molecule has 114 valence electrons.